The van der Waals surface area contributed by atoms with E-state index in [0.29, 0.717) is 0 Å². The average molecular weight is 237 g/mol. The van der Waals surface area contributed by atoms with Crippen LogP contribution in [0.2, 0.25) is 0 Å². The molecule has 79 valence electrons. The second-order valence-electron chi connectivity index (χ2n) is 1.00. The van der Waals surface area contributed by atoms with Crippen molar-refractivity contribution in [1.82, 2.24) is 0 Å². The van der Waals surface area contributed by atoms with Crippen LogP contribution in [0.5, 0.6) is 0 Å². The van der Waals surface area contributed by atoms with Crippen LogP contribution in [-0.2, 0) is 31.5 Å². The molecule has 0 aromatic carbocycles. The van der Waals surface area contributed by atoms with E-state index in [-0.39, 0.29) is 17.1 Å². The summed E-state index contributed by atoms with van der Waals surface area (Å²) in [5.74, 6) is 0. The number of rotatable bonds is 0. The van der Waals surface area contributed by atoms with Crippen LogP contribution in [0.1, 0.15) is 6.42 Å². The minimum Gasteiger partial charge on any atom is -0.521 e. The van der Waals surface area contributed by atoms with E-state index in [1.165, 1.54) is 0 Å². The molecule has 1 radical (unpaired) electrons. The van der Waals surface area contributed by atoms with Crippen molar-refractivity contribution in [2.75, 3.05) is 0 Å². The summed E-state index contributed by atoms with van der Waals surface area (Å²) in [6.07, 6.45) is 10.0. The molecule has 0 N–H and O–H groups in total. The van der Waals surface area contributed by atoms with Gasteiger partial charge in [0.05, 0.1) is 0 Å². The summed E-state index contributed by atoms with van der Waals surface area (Å²) in [5, 5.41) is 0. The topological polar surface area (TPSA) is 51.2 Å². The number of carbonyl (C=O) groups is 3. The minimum atomic E-state index is 0. The van der Waals surface area contributed by atoms with Gasteiger partial charge in [0.2, 0.25) is 0 Å². The number of carbonyl (C=O) groups excluding carboxylic acids is 3. The molecule has 0 saturated carbocycles. The van der Waals surface area contributed by atoms with E-state index in [2.05, 4.69) is 25.3 Å². The summed E-state index contributed by atoms with van der Waals surface area (Å²) in [6.45, 7) is 13.0. The third kappa shape index (κ3) is 72.7. The monoisotopic (exact) mass is 237 g/mol. The van der Waals surface area contributed by atoms with E-state index in [9.17, 15) is 0 Å². The molecule has 0 saturated heterocycles. The van der Waals surface area contributed by atoms with Gasteiger partial charge in [-0.15, -0.1) is 6.42 Å². The van der Waals surface area contributed by atoms with Crippen LogP contribution in [0, 0.1) is 12.7 Å². The Hall–Kier alpha value is -1.25. The maximum absolute atomic E-state index is 8.00. The van der Waals surface area contributed by atoms with Gasteiger partial charge < -0.3 is 21.0 Å². The van der Waals surface area contributed by atoms with Gasteiger partial charge in [0.15, 0.2) is 0 Å². The van der Waals surface area contributed by atoms with Crippen LogP contribution < -0.4 is 0 Å². The van der Waals surface area contributed by atoms with Gasteiger partial charge in [-0.2, -0.15) is 6.08 Å². The first-order chi connectivity index (χ1) is 6.50. The maximum Gasteiger partial charge on any atom is 2.00 e. The second kappa shape index (κ2) is 96.6. The Bertz CT molecular complexity index is 107. The van der Waals surface area contributed by atoms with E-state index in [1.54, 1.807) is 0 Å². The molecular weight excluding hydrogens is 223 g/mol. The molecule has 0 aliphatic heterocycles. The molecule has 0 heterocycles. The van der Waals surface area contributed by atoms with Crippen molar-refractivity contribution < 1.29 is 31.5 Å². The fourth-order valence-electron chi connectivity index (χ4n) is 0.340. The molecular formula is C10H14MnO3. The summed E-state index contributed by atoms with van der Waals surface area (Å²) in [6, 6.07) is 0. The van der Waals surface area contributed by atoms with E-state index >= 15 is 0 Å². The van der Waals surface area contributed by atoms with Crippen molar-refractivity contribution in [3.8, 4) is 0 Å². The van der Waals surface area contributed by atoms with Crippen LogP contribution in [-0.4, -0.2) is 20.4 Å². The summed E-state index contributed by atoms with van der Waals surface area (Å²) >= 11 is 0. The van der Waals surface area contributed by atoms with Gasteiger partial charge in [-0.05, 0) is 0 Å². The first-order valence-corrected chi connectivity index (χ1v) is 2.99. The molecule has 1 rings (SSSR count). The number of hydrogen-bond acceptors (Lipinski definition) is 3. The van der Waals surface area contributed by atoms with Crippen molar-refractivity contribution in [2.24, 2.45) is 0 Å². The Kier molecular flexibility index (Phi) is 202. The van der Waals surface area contributed by atoms with Crippen molar-refractivity contribution in [3.63, 3.8) is 0 Å². The SMILES string of the molecule is C=O.C=O.C=O.[C-]1=CC=CC1.[CH-]=C.[Mn+2]. The Morgan fingerprint density at radius 1 is 1.00 bits per heavy atom. The molecule has 0 fully saturated rings. The van der Waals surface area contributed by atoms with Crippen LogP contribution in [0.4, 0.5) is 0 Å². The van der Waals surface area contributed by atoms with E-state index in [4.69, 9.17) is 14.4 Å². The largest absolute Gasteiger partial charge is 2.00 e. The Labute approximate surface area is 96.1 Å². The van der Waals surface area contributed by atoms with Gasteiger partial charge in [0, 0.05) is 0 Å². The average Bonchev–Trinajstić information content (AvgIpc) is 2.87. The second-order valence-corrected chi connectivity index (χ2v) is 1.00. The van der Waals surface area contributed by atoms with Gasteiger partial charge in [0.25, 0.3) is 0 Å². The molecule has 0 aromatic heterocycles. The van der Waals surface area contributed by atoms with Gasteiger partial charge in [-0.1, -0.05) is 0 Å². The van der Waals surface area contributed by atoms with Crippen LogP contribution in [0.3, 0.4) is 0 Å². The zero-order valence-electron chi connectivity index (χ0n) is 7.95. The molecule has 4 heteroatoms. The summed E-state index contributed by atoms with van der Waals surface area (Å²) in [4.78, 5) is 24.0. The quantitative estimate of drug-likeness (QED) is 0.472. The standard InChI is InChI=1S/C5H5.C2H3.3CH2O.Mn/c1-2-4-5-3-1;4*1-2;/h1-3H,4H2;1H,2H2;3*1H2;/q2*-1;;;;+2. The first-order valence-electron chi connectivity index (χ1n) is 2.99. The first kappa shape index (κ1) is 29.3. The molecule has 0 unspecified atom stereocenters. The fraction of sp³-hybridized carbons (Fsp3) is 0.100. The summed E-state index contributed by atoms with van der Waals surface area (Å²) in [7, 11) is 0. The maximum atomic E-state index is 8.00. The van der Waals surface area contributed by atoms with Crippen LogP contribution >= 0.6 is 0 Å². The normalized spacial score (nSPS) is 7.43. The molecule has 0 bridgehead atoms. The van der Waals surface area contributed by atoms with Crippen molar-refractivity contribution in [3.05, 3.63) is 37.5 Å². The van der Waals surface area contributed by atoms with Gasteiger partial charge in [-0.25, -0.2) is 12.2 Å². The third-order valence-electron chi connectivity index (χ3n) is 0.586. The molecule has 0 aromatic rings. The van der Waals surface area contributed by atoms with Crippen LogP contribution in [0.15, 0.2) is 24.8 Å². The molecule has 1 aliphatic rings. The van der Waals surface area contributed by atoms with E-state index in [0.717, 1.165) is 6.42 Å². The Morgan fingerprint density at radius 2 is 1.36 bits per heavy atom. The Morgan fingerprint density at radius 3 is 1.43 bits per heavy atom. The van der Waals surface area contributed by atoms with Crippen molar-refractivity contribution in [2.45, 2.75) is 6.42 Å². The molecule has 0 amide bonds. The number of hydrogen-bond donors (Lipinski definition) is 0. The van der Waals surface area contributed by atoms with E-state index < -0.39 is 0 Å². The summed E-state index contributed by atoms with van der Waals surface area (Å²) < 4.78 is 0. The predicted octanol–water partition coefficient (Wildman–Crippen LogP) is 1.35. The Balaban J connectivity index is -0.0000000267. The fourth-order valence-corrected chi connectivity index (χ4v) is 0.340. The van der Waals surface area contributed by atoms with Crippen molar-refractivity contribution >= 4 is 20.4 Å². The minimum absolute atomic E-state index is 0. The van der Waals surface area contributed by atoms with Gasteiger partial charge in [-0.3, -0.25) is 12.7 Å². The summed E-state index contributed by atoms with van der Waals surface area (Å²) in [5.41, 5.74) is 0. The molecule has 1 aliphatic carbocycles. The van der Waals surface area contributed by atoms with E-state index in [1.807, 2.05) is 32.5 Å². The third-order valence-corrected chi connectivity index (χ3v) is 0.586. The zero-order valence-corrected chi connectivity index (χ0v) is 9.13. The smallest absolute Gasteiger partial charge is 0.521 e. The molecule has 3 nitrogen and oxygen atoms in total. The zero-order chi connectivity index (χ0) is 11.5. The van der Waals surface area contributed by atoms with Crippen LogP contribution in [0.25, 0.3) is 0 Å². The van der Waals surface area contributed by atoms with Crippen molar-refractivity contribution in [1.29, 1.82) is 0 Å². The molecule has 14 heavy (non-hydrogen) atoms. The van der Waals surface area contributed by atoms with Gasteiger partial charge in [0.1, 0.15) is 20.4 Å². The number of allylic oxidation sites excluding steroid dienone is 4. The predicted molar refractivity (Wildman–Crippen MR) is 52.9 cm³/mol. The molecule has 0 atom stereocenters. The van der Waals surface area contributed by atoms with Gasteiger partial charge >= 0.3 is 17.1 Å². The molecule has 0 spiro atoms.